The van der Waals surface area contributed by atoms with E-state index in [1.807, 2.05) is 0 Å². The highest BCUT2D eigenvalue weighted by molar-refractivity contribution is 5.75. The Morgan fingerprint density at radius 3 is 2.90 bits per heavy atom. The molecule has 0 saturated carbocycles. The standard InChI is InChI=1S/C15H20FN3O/c1-10(2)18-8-4-3-5-14(18)19-13-7-6-11(16)9-12(13)17-15(19)20/h6-7,9-10,14H,3-5,8H2,1-2H3,(H,17,20). The third-order valence-corrected chi connectivity index (χ3v) is 4.15. The number of benzene rings is 1. The normalized spacial score (nSPS) is 20.9. The van der Waals surface area contributed by atoms with Gasteiger partial charge in [0.05, 0.1) is 17.2 Å². The zero-order chi connectivity index (χ0) is 14.3. The number of hydrogen-bond donors (Lipinski definition) is 1. The van der Waals surface area contributed by atoms with Crippen LogP contribution in [0.15, 0.2) is 23.0 Å². The molecule has 4 nitrogen and oxygen atoms in total. The quantitative estimate of drug-likeness (QED) is 0.917. The van der Waals surface area contributed by atoms with Crippen LogP contribution in [-0.4, -0.2) is 27.0 Å². The molecule has 1 saturated heterocycles. The molecule has 3 rings (SSSR count). The summed E-state index contributed by atoms with van der Waals surface area (Å²) in [6.45, 7) is 5.30. The molecule has 1 aromatic carbocycles. The minimum atomic E-state index is -0.324. The molecule has 0 aliphatic carbocycles. The molecule has 1 atom stereocenters. The van der Waals surface area contributed by atoms with Gasteiger partial charge in [0.2, 0.25) is 0 Å². The maximum Gasteiger partial charge on any atom is 0.327 e. The lowest BCUT2D eigenvalue weighted by Crippen LogP contribution is -2.43. The number of H-pyrrole nitrogens is 1. The molecule has 1 aliphatic rings. The first-order valence-corrected chi connectivity index (χ1v) is 7.23. The van der Waals surface area contributed by atoms with E-state index in [4.69, 9.17) is 0 Å². The van der Waals surface area contributed by atoms with E-state index in [2.05, 4.69) is 23.7 Å². The highest BCUT2D eigenvalue weighted by Crippen LogP contribution is 2.29. The first kappa shape index (κ1) is 13.4. The van der Waals surface area contributed by atoms with Crippen LogP contribution in [0.3, 0.4) is 0 Å². The highest BCUT2D eigenvalue weighted by atomic mass is 19.1. The van der Waals surface area contributed by atoms with Crippen LogP contribution in [0.1, 0.15) is 39.3 Å². The summed E-state index contributed by atoms with van der Waals surface area (Å²) >= 11 is 0. The molecule has 0 radical (unpaired) electrons. The molecule has 1 aliphatic heterocycles. The van der Waals surface area contributed by atoms with E-state index < -0.39 is 0 Å². The van der Waals surface area contributed by atoms with Crippen LogP contribution in [0.25, 0.3) is 11.0 Å². The van der Waals surface area contributed by atoms with Crippen molar-refractivity contribution in [3.63, 3.8) is 0 Å². The molecular formula is C15H20FN3O. The zero-order valence-electron chi connectivity index (χ0n) is 11.9. The van der Waals surface area contributed by atoms with E-state index in [1.54, 1.807) is 10.6 Å². The minimum Gasteiger partial charge on any atom is -0.305 e. The van der Waals surface area contributed by atoms with E-state index in [9.17, 15) is 9.18 Å². The molecule has 0 bridgehead atoms. The summed E-state index contributed by atoms with van der Waals surface area (Å²) in [5.74, 6) is -0.324. The van der Waals surface area contributed by atoms with E-state index in [0.717, 1.165) is 24.9 Å². The van der Waals surface area contributed by atoms with E-state index in [-0.39, 0.29) is 17.7 Å². The first-order valence-electron chi connectivity index (χ1n) is 7.23. The largest absolute Gasteiger partial charge is 0.327 e. The number of aromatic amines is 1. The Balaban J connectivity index is 2.12. The molecule has 20 heavy (non-hydrogen) atoms. The SMILES string of the molecule is CC(C)N1CCCCC1n1c(=O)[nH]c2cc(F)ccc21. The number of halogens is 1. The van der Waals surface area contributed by atoms with Crippen molar-refractivity contribution in [1.82, 2.24) is 14.5 Å². The number of hydrogen-bond acceptors (Lipinski definition) is 2. The van der Waals surface area contributed by atoms with Gasteiger partial charge in [0.1, 0.15) is 5.82 Å². The van der Waals surface area contributed by atoms with Crippen LogP contribution in [0.4, 0.5) is 4.39 Å². The maximum atomic E-state index is 13.3. The average Bonchev–Trinajstić information content (AvgIpc) is 2.73. The van der Waals surface area contributed by atoms with Crippen LogP contribution < -0.4 is 5.69 Å². The fourth-order valence-corrected chi connectivity index (χ4v) is 3.22. The van der Waals surface area contributed by atoms with Gasteiger partial charge in [-0.25, -0.2) is 9.18 Å². The van der Waals surface area contributed by atoms with Gasteiger partial charge in [-0.1, -0.05) is 0 Å². The van der Waals surface area contributed by atoms with Crippen molar-refractivity contribution < 1.29 is 4.39 Å². The molecule has 1 aromatic heterocycles. The van der Waals surface area contributed by atoms with Crippen LogP contribution in [-0.2, 0) is 0 Å². The summed E-state index contributed by atoms with van der Waals surface area (Å²) in [5.41, 5.74) is 1.21. The van der Waals surface area contributed by atoms with Crippen LogP contribution in [0, 0.1) is 5.82 Å². The molecule has 2 heterocycles. The third kappa shape index (κ3) is 2.16. The van der Waals surface area contributed by atoms with Crippen molar-refractivity contribution in [2.45, 2.75) is 45.3 Å². The second kappa shape index (κ2) is 5.05. The van der Waals surface area contributed by atoms with E-state index >= 15 is 0 Å². The number of likely N-dealkylation sites (tertiary alicyclic amines) is 1. The summed E-state index contributed by atoms with van der Waals surface area (Å²) < 4.78 is 15.1. The smallest absolute Gasteiger partial charge is 0.305 e. The van der Waals surface area contributed by atoms with Gasteiger partial charge in [-0.15, -0.1) is 0 Å². The number of rotatable bonds is 2. The zero-order valence-corrected chi connectivity index (χ0v) is 11.9. The second-order valence-electron chi connectivity index (χ2n) is 5.77. The van der Waals surface area contributed by atoms with E-state index in [1.165, 1.54) is 18.6 Å². The lowest BCUT2D eigenvalue weighted by Gasteiger charge is -2.39. The Hall–Kier alpha value is -1.62. The van der Waals surface area contributed by atoms with Gasteiger partial charge in [0.15, 0.2) is 0 Å². The fourth-order valence-electron chi connectivity index (χ4n) is 3.22. The second-order valence-corrected chi connectivity index (χ2v) is 5.77. The van der Waals surface area contributed by atoms with Gasteiger partial charge in [0, 0.05) is 12.6 Å². The first-order chi connectivity index (χ1) is 9.58. The van der Waals surface area contributed by atoms with Crippen LogP contribution in [0.5, 0.6) is 0 Å². The van der Waals surface area contributed by atoms with Crippen LogP contribution >= 0.6 is 0 Å². The molecule has 0 amide bonds. The summed E-state index contributed by atoms with van der Waals surface area (Å²) in [7, 11) is 0. The molecule has 5 heteroatoms. The molecule has 108 valence electrons. The van der Waals surface area contributed by atoms with Crippen molar-refractivity contribution in [3.05, 3.63) is 34.5 Å². The Kier molecular flexibility index (Phi) is 3.38. The molecule has 1 unspecified atom stereocenters. The van der Waals surface area contributed by atoms with Gasteiger partial charge >= 0.3 is 5.69 Å². The van der Waals surface area contributed by atoms with Gasteiger partial charge in [-0.2, -0.15) is 0 Å². The van der Waals surface area contributed by atoms with Crippen LogP contribution in [0.2, 0.25) is 0 Å². The van der Waals surface area contributed by atoms with Gasteiger partial charge < -0.3 is 4.98 Å². The number of imidazole rings is 1. The maximum absolute atomic E-state index is 13.3. The molecule has 1 N–H and O–H groups in total. The van der Waals surface area contributed by atoms with Gasteiger partial charge in [0.25, 0.3) is 0 Å². The van der Waals surface area contributed by atoms with Crippen molar-refractivity contribution in [1.29, 1.82) is 0 Å². The number of aromatic nitrogens is 2. The Morgan fingerprint density at radius 1 is 1.35 bits per heavy atom. The Bertz CT molecular complexity index is 673. The van der Waals surface area contributed by atoms with Crippen molar-refractivity contribution in [3.8, 4) is 0 Å². The highest BCUT2D eigenvalue weighted by Gasteiger charge is 2.28. The average molecular weight is 277 g/mol. The summed E-state index contributed by atoms with van der Waals surface area (Å²) in [4.78, 5) is 17.4. The molecular weight excluding hydrogens is 257 g/mol. The van der Waals surface area contributed by atoms with Crippen molar-refractivity contribution in [2.75, 3.05) is 6.54 Å². The fraction of sp³-hybridized carbons (Fsp3) is 0.533. The lowest BCUT2D eigenvalue weighted by atomic mass is 10.1. The number of fused-ring (bicyclic) bond motifs is 1. The lowest BCUT2D eigenvalue weighted by molar-refractivity contribution is 0.0649. The van der Waals surface area contributed by atoms with E-state index in [0.29, 0.717) is 11.6 Å². The topological polar surface area (TPSA) is 41.0 Å². The third-order valence-electron chi connectivity index (χ3n) is 4.15. The molecule has 2 aromatic rings. The molecule has 0 spiro atoms. The summed E-state index contributed by atoms with van der Waals surface area (Å²) in [5, 5.41) is 0. The Labute approximate surface area is 117 Å². The predicted molar refractivity (Wildman–Crippen MR) is 77.2 cm³/mol. The minimum absolute atomic E-state index is 0.0652. The number of nitrogens with zero attached hydrogens (tertiary/aromatic N) is 2. The summed E-state index contributed by atoms with van der Waals surface area (Å²) in [6, 6.07) is 4.87. The van der Waals surface area contributed by atoms with Crippen molar-refractivity contribution in [2.24, 2.45) is 0 Å². The number of piperidine rings is 1. The van der Waals surface area contributed by atoms with Crippen molar-refractivity contribution >= 4 is 11.0 Å². The Morgan fingerprint density at radius 2 is 2.15 bits per heavy atom. The molecule has 1 fully saturated rings. The van der Waals surface area contributed by atoms with Gasteiger partial charge in [-0.05, 0) is 51.3 Å². The predicted octanol–water partition coefficient (Wildman–Crippen LogP) is 2.86. The monoisotopic (exact) mass is 277 g/mol. The number of nitrogens with one attached hydrogen (secondary N) is 1. The summed E-state index contributed by atoms with van der Waals surface area (Å²) in [6.07, 6.45) is 3.31. The van der Waals surface area contributed by atoms with Gasteiger partial charge in [-0.3, -0.25) is 9.47 Å².